The maximum atomic E-state index is 12.6. The Balaban J connectivity index is 0.00000200. The quantitative estimate of drug-likeness (QED) is 0.883. The first kappa shape index (κ1) is 18.0. The van der Waals surface area contributed by atoms with E-state index in [2.05, 4.69) is 5.32 Å². The van der Waals surface area contributed by atoms with Gasteiger partial charge >= 0.3 is 0 Å². The van der Waals surface area contributed by atoms with Gasteiger partial charge in [-0.2, -0.15) is 4.31 Å². The summed E-state index contributed by atoms with van der Waals surface area (Å²) in [6.07, 6.45) is 0. The molecule has 1 N–H and O–H groups in total. The van der Waals surface area contributed by atoms with Gasteiger partial charge in [0.2, 0.25) is 10.0 Å². The van der Waals surface area contributed by atoms with Crippen LogP contribution in [-0.2, 0) is 10.0 Å². The Hall–Kier alpha value is -0.0400. The van der Waals surface area contributed by atoms with Crippen LogP contribution in [-0.4, -0.2) is 37.9 Å². The molecule has 114 valence electrons. The molecule has 1 aliphatic heterocycles. The highest BCUT2D eigenvalue weighted by Gasteiger charge is 2.31. The molecule has 1 aliphatic rings. The van der Waals surface area contributed by atoms with Gasteiger partial charge in [0.05, 0.1) is 4.90 Å². The third-order valence-electron chi connectivity index (χ3n) is 3.00. The first-order chi connectivity index (χ1) is 8.79. The van der Waals surface area contributed by atoms with Crippen molar-refractivity contribution >= 4 is 45.6 Å². The number of benzene rings is 1. The molecule has 1 aromatic rings. The third kappa shape index (κ3) is 4.00. The maximum Gasteiger partial charge on any atom is 0.243 e. The van der Waals surface area contributed by atoms with Crippen molar-refractivity contribution in [1.29, 1.82) is 0 Å². The normalized spacial score (nSPS) is 24.2. The largest absolute Gasteiger partial charge is 0.309 e. The fourth-order valence-corrected chi connectivity index (χ4v) is 4.64. The topological polar surface area (TPSA) is 49.4 Å². The molecule has 0 aromatic heterocycles. The number of nitrogens with zero attached hydrogens (tertiary/aromatic N) is 1. The zero-order valence-corrected chi connectivity index (χ0v) is 14.3. The molecule has 0 amide bonds. The van der Waals surface area contributed by atoms with Gasteiger partial charge in [0.1, 0.15) is 0 Å². The lowest BCUT2D eigenvalue weighted by Crippen LogP contribution is -2.55. The van der Waals surface area contributed by atoms with Gasteiger partial charge in [0.25, 0.3) is 0 Å². The number of hydrogen-bond acceptors (Lipinski definition) is 3. The number of rotatable bonds is 2. The Kier molecular flexibility index (Phi) is 6.14. The van der Waals surface area contributed by atoms with Crippen LogP contribution in [0.2, 0.25) is 10.0 Å². The lowest BCUT2D eigenvalue weighted by atomic mass is 10.2. The minimum Gasteiger partial charge on any atom is -0.309 e. The molecule has 2 atom stereocenters. The van der Waals surface area contributed by atoms with Gasteiger partial charge in [0.15, 0.2) is 0 Å². The Labute approximate surface area is 135 Å². The molecule has 1 aromatic carbocycles. The minimum absolute atomic E-state index is 0. The van der Waals surface area contributed by atoms with Crippen molar-refractivity contribution in [3.8, 4) is 0 Å². The molecule has 0 bridgehead atoms. The van der Waals surface area contributed by atoms with E-state index in [1.165, 1.54) is 22.5 Å². The highest BCUT2D eigenvalue weighted by molar-refractivity contribution is 7.89. The smallest absolute Gasteiger partial charge is 0.243 e. The van der Waals surface area contributed by atoms with Crippen molar-refractivity contribution in [2.75, 3.05) is 13.1 Å². The number of sulfonamides is 1. The van der Waals surface area contributed by atoms with E-state index in [4.69, 9.17) is 23.2 Å². The van der Waals surface area contributed by atoms with E-state index in [0.717, 1.165) is 0 Å². The Bertz CT molecular complexity index is 550. The molecule has 0 saturated carbocycles. The second kappa shape index (κ2) is 6.81. The van der Waals surface area contributed by atoms with E-state index in [-0.39, 0.29) is 29.4 Å². The molecular formula is C12H17Cl3N2O2S. The van der Waals surface area contributed by atoms with Crippen LogP contribution in [0.4, 0.5) is 0 Å². The predicted molar refractivity (Wildman–Crippen MR) is 84.5 cm³/mol. The van der Waals surface area contributed by atoms with E-state index in [1.54, 1.807) is 0 Å². The third-order valence-corrected chi connectivity index (χ3v) is 5.24. The van der Waals surface area contributed by atoms with Gasteiger partial charge in [-0.1, -0.05) is 23.2 Å². The predicted octanol–water partition coefficient (Wildman–Crippen LogP) is 2.79. The summed E-state index contributed by atoms with van der Waals surface area (Å²) >= 11 is 11.7. The number of piperazine rings is 1. The average molecular weight is 360 g/mol. The van der Waals surface area contributed by atoms with E-state index in [0.29, 0.717) is 23.1 Å². The summed E-state index contributed by atoms with van der Waals surface area (Å²) < 4.78 is 26.6. The average Bonchev–Trinajstić information content (AvgIpc) is 2.26. The second-order valence-electron chi connectivity index (χ2n) is 4.90. The zero-order valence-electron chi connectivity index (χ0n) is 11.1. The van der Waals surface area contributed by atoms with Gasteiger partial charge in [-0.25, -0.2) is 8.42 Å². The van der Waals surface area contributed by atoms with Gasteiger partial charge in [-0.15, -0.1) is 12.4 Å². The molecule has 0 aliphatic carbocycles. The minimum atomic E-state index is -3.55. The van der Waals surface area contributed by atoms with Gasteiger partial charge in [-0.05, 0) is 32.0 Å². The van der Waals surface area contributed by atoms with E-state index >= 15 is 0 Å². The summed E-state index contributed by atoms with van der Waals surface area (Å²) in [5, 5.41) is 3.94. The van der Waals surface area contributed by atoms with Crippen molar-refractivity contribution in [2.45, 2.75) is 30.8 Å². The van der Waals surface area contributed by atoms with Crippen molar-refractivity contribution in [2.24, 2.45) is 0 Å². The van der Waals surface area contributed by atoms with Gasteiger partial charge < -0.3 is 5.32 Å². The summed E-state index contributed by atoms with van der Waals surface area (Å²) in [4.78, 5) is 0.145. The van der Waals surface area contributed by atoms with Gasteiger partial charge in [-0.3, -0.25) is 0 Å². The Morgan fingerprint density at radius 2 is 1.55 bits per heavy atom. The molecule has 0 radical (unpaired) electrons. The number of halogens is 3. The maximum absolute atomic E-state index is 12.6. The molecule has 2 unspecified atom stereocenters. The van der Waals surface area contributed by atoms with Crippen molar-refractivity contribution in [3.63, 3.8) is 0 Å². The van der Waals surface area contributed by atoms with Gasteiger partial charge in [0, 0.05) is 35.2 Å². The summed E-state index contributed by atoms with van der Waals surface area (Å²) in [6, 6.07) is 4.62. The number of nitrogens with one attached hydrogen (secondary N) is 1. The van der Waals surface area contributed by atoms with Crippen molar-refractivity contribution in [3.05, 3.63) is 28.2 Å². The molecule has 2 rings (SSSR count). The van der Waals surface area contributed by atoms with E-state index in [1.807, 2.05) is 13.8 Å². The van der Waals surface area contributed by atoms with Crippen LogP contribution >= 0.6 is 35.6 Å². The van der Waals surface area contributed by atoms with Crippen LogP contribution in [0.25, 0.3) is 0 Å². The number of hydrogen-bond donors (Lipinski definition) is 1. The lowest BCUT2D eigenvalue weighted by Gasteiger charge is -2.35. The van der Waals surface area contributed by atoms with E-state index < -0.39 is 10.0 Å². The van der Waals surface area contributed by atoms with Crippen LogP contribution in [0.15, 0.2) is 23.1 Å². The molecule has 4 nitrogen and oxygen atoms in total. The lowest BCUT2D eigenvalue weighted by molar-refractivity contribution is 0.263. The summed E-state index contributed by atoms with van der Waals surface area (Å²) in [5.41, 5.74) is 0. The molecule has 20 heavy (non-hydrogen) atoms. The Morgan fingerprint density at radius 3 is 2.00 bits per heavy atom. The fourth-order valence-electron chi connectivity index (χ4n) is 2.30. The molecule has 8 heteroatoms. The summed E-state index contributed by atoms with van der Waals surface area (Å²) in [7, 11) is -3.55. The molecular weight excluding hydrogens is 343 g/mol. The highest BCUT2D eigenvalue weighted by atomic mass is 35.5. The van der Waals surface area contributed by atoms with Crippen molar-refractivity contribution < 1.29 is 8.42 Å². The fraction of sp³-hybridized carbons (Fsp3) is 0.500. The Morgan fingerprint density at radius 1 is 1.10 bits per heavy atom. The molecule has 1 saturated heterocycles. The van der Waals surface area contributed by atoms with Crippen molar-refractivity contribution in [1.82, 2.24) is 9.62 Å². The van der Waals surface area contributed by atoms with Crippen LogP contribution < -0.4 is 5.32 Å². The second-order valence-corrected chi connectivity index (χ2v) is 7.71. The summed E-state index contributed by atoms with van der Waals surface area (Å²) in [6.45, 7) is 4.81. The monoisotopic (exact) mass is 358 g/mol. The van der Waals surface area contributed by atoms with Crippen LogP contribution in [0.5, 0.6) is 0 Å². The standard InChI is InChI=1S/C12H16Cl2N2O2S.ClH/c1-8-6-16(7-9(2)15-8)19(17,18)12-4-10(13)3-11(14)5-12;/h3-5,8-9,15H,6-7H2,1-2H3;1H. The molecule has 1 heterocycles. The first-order valence-corrected chi connectivity index (χ1v) is 8.21. The van der Waals surface area contributed by atoms with Crippen LogP contribution in [0.3, 0.4) is 0 Å². The van der Waals surface area contributed by atoms with Crippen LogP contribution in [0.1, 0.15) is 13.8 Å². The summed E-state index contributed by atoms with van der Waals surface area (Å²) in [5.74, 6) is 0. The SMILES string of the molecule is CC1CN(S(=O)(=O)c2cc(Cl)cc(Cl)c2)CC(C)N1.Cl. The first-order valence-electron chi connectivity index (χ1n) is 6.01. The molecule has 1 fully saturated rings. The van der Waals surface area contributed by atoms with Crippen LogP contribution in [0, 0.1) is 0 Å². The zero-order chi connectivity index (χ0) is 14.2. The highest BCUT2D eigenvalue weighted by Crippen LogP contribution is 2.25. The van der Waals surface area contributed by atoms with E-state index in [9.17, 15) is 8.42 Å². The molecule has 0 spiro atoms.